The van der Waals surface area contributed by atoms with E-state index in [1.165, 1.54) is 30.5 Å². The molecule has 2 aromatic heterocycles. The molecule has 1 atom stereocenters. The molecule has 0 saturated carbocycles. The lowest BCUT2D eigenvalue weighted by Gasteiger charge is -2.21. The van der Waals surface area contributed by atoms with Gasteiger partial charge in [0.05, 0.1) is 6.20 Å². The van der Waals surface area contributed by atoms with Crippen molar-refractivity contribution in [3.63, 3.8) is 0 Å². The molecule has 0 aliphatic rings. The number of halogens is 2. The van der Waals surface area contributed by atoms with Gasteiger partial charge >= 0.3 is 0 Å². The van der Waals surface area contributed by atoms with Crippen molar-refractivity contribution in [1.29, 1.82) is 0 Å². The number of pyridine rings is 2. The first-order valence-corrected chi connectivity index (χ1v) is 9.64. The lowest BCUT2D eigenvalue weighted by atomic mass is 10.1. The first-order valence-electron chi connectivity index (χ1n) is 9.26. The molecule has 0 spiro atoms. The van der Waals surface area contributed by atoms with E-state index in [0.717, 1.165) is 10.8 Å². The van der Waals surface area contributed by atoms with Crippen molar-refractivity contribution in [3.8, 4) is 0 Å². The first kappa shape index (κ1) is 20.4. The minimum atomic E-state index is -1.35. The second kappa shape index (κ2) is 8.49. The molecule has 2 heterocycles. The zero-order valence-electron chi connectivity index (χ0n) is 16.0. The average Bonchev–Trinajstić information content (AvgIpc) is 2.78. The summed E-state index contributed by atoms with van der Waals surface area (Å²) >= 11 is 5.91. The second-order valence-corrected chi connectivity index (χ2v) is 7.17. The number of hydrogen-bond donors (Lipinski definition) is 1. The van der Waals surface area contributed by atoms with Crippen LogP contribution >= 0.6 is 11.6 Å². The van der Waals surface area contributed by atoms with E-state index in [2.05, 4.69) is 10.3 Å². The van der Waals surface area contributed by atoms with Gasteiger partial charge in [-0.3, -0.25) is 19.0 Å². The number of aromatic nitrogens is 2. The summed E-state index contributed by atoms with van der Waals surface area (Å²) < 4.78 is 14.6. The lowest BCUT2D eigenvalue weighted by Crippen LogP contribution is -2.42. The monoisotopic (exact) mass is 435 g/mol. The summed E-state index contributed by atoms with van der Waals surface area (Å²) in [5.74, 6) is -1.65. The van der Waals surface area contributed by atoms with Crippen LogP contribution in [0.1, 0.15) is 26.9 Å². The standard InChI is InChI=1S/C23H15ClFN3O3/c24-17-8-6-14(7-9-17)20(29)21(27-22(30)15-4-2-1-3-5-15)28-11-10-16-12-18(25)13-26-19(16)23(28)31/h1-13,21H,(H,27,30). The van der Waals surface area contributed by atoms with E-state index in [-0.39, 0.29) is 16.5 Å². The summed E-state index contributed by atoms with van der Waals surface area (Å²) in [6.07, 6.45) is 0.903. The van der Waals surface area contributed by atoms with Crippen molar-refractivity contribution in [2.75, 3.05) is 0 Å². The molecule has 8 heteroatoms. The van der Waals surface area contributed by atoms with E-state index < -0.39 is 29.2 Å². The van der Waals surface area contributed by atoms with Crippen LogP contribution in [0.25, 0.3) is 10.9 Å². The average molecular weight is 436 g/mol. The highest BCUT2D eigenvalue weighted by atomic mass is 35.5. The van der Waals surface area contributed by atoms with Gasteiger partial charge in [-0.05, 0) is 48.5 Å². The van der Waals surface area contributed by atoms with Crippen LogP contribution in [0.5, 0.6) is 0 Å². The quantitative estimate of drug-likeness (QED) is 0.480. The van der Waals surface area contributed by atoms with Gasteiger partial charge in [-0.25, -0.2) is 9.37 Å². The summed E-state index contributed by atoms with van der Waals surface area (Å²) in [4.78, 5) is 42.9. The zero-order valence-corrected chi connectivity index (χ0v) is 16.7. The summed E-state index contributed by atoms with van der Waals surface area (Å²) in [7, 11) is 0. The van der Waals surface area contributed by atoms with Crippen LogP contribution in [0.4, 0.5) is 4.39 Å². The number of Topliss-reactive ketones (excluding diaryl/α,β-unsaturated/α-hetero) is 1. The molecule has 154 valence electrons. The third kappa shape index (κ3) is 4.22. The van der Waals surface area contributed by atoms with E-state index in [1.807, 2.05) is 0 Å². The molecule has 1 amide bonds. The van der Waals surface area contributed by atoms with Gasteiger partial charge in [0.2, 0.25) is 5.78 Å². The molecular weight excluding hydrogens is 421 g/mol. The number of carbonyl (C=O) groups excluding carboxylic acids is 2. The van der Waals surface area contributed by atoms with Gasteiger partial charge in [0.25, 0.3) is 11.5 Å². The van der Waals surface area contributed by atoms with E-state index in [0.29, 0.717) is 10.6 Å². The van der Waals surface area contributed by atoms with Gasteiger partial charge in [0, 0.05) is 27.7 Å². The third-order valence-electron chi connectivity index (χ3n) is 4.69. The predicted octanol–water partition coefficient (Wildman–Crippen LogP) is 4.00. The molecule has 31 heavy (non-hydrogen) atoms. The molecule has 4 aromatic rings. The SMILES string of the molecule is O=C(NC(C(=O)c1ccc(Cl)cc1)n1ccc2cc(F)cnc2c1=O)c1ccccc1. The molecule has 2 aromatic carbocycles. The van der Waals surface area contributed by atoms with Gasteiger partial charge < -0.3 is 5.32 Å². The number of nitrogens with zero attached hydrogens (tertiary/aromatic N) is 2. The molecule has 4 rings (SSSR count). The van der Waals surface area contributed by atoms with Gasteiger partial charge in [-0.1, -0.05) is 29.8 Å². The molecule has 0 aliphatic carbocycles. The summed E-state index contributed by atoms with van der Waals surface area (Å²) in [6.45, 7) is 0. The third-order valence-corrected chi connectivity index (χ3v) is 4.95. The van der Waals surface area contributed by atoms with Gasteiger partial charge in [-0.2, -0.15) is 0 Å². The minimum absolute atomic E-state index is 0.0215. The summed E-state index contributed by atoms with van der Waals surface area (Å²) in [5.41, 5.74) is -0.0859. The Bertz CT molecular complexity index is 1340. The largest absolute Gasteiger partial charge is 0.325 e. The van der Waals surface area contributed by atoms with E-state index in [1.54, 1.807) is 42.5 Å². The highest BCUT2D eigenvalue weighted by Gasteiger charge is 2.26. The number of rotatable bonds is 5. The van der Waals surface area contributed by atoms with Crippen molar-refractivity contribution < 1.29 is 14.0 Å². The number of nitrogens with one attached hydrogen (secondary N) is 1. The van der Waals surface area contributed by atoms with Crippen molar-refractivity contribution in [2.45, 2.75) is 6.17 Å². The fourth-order valence-electron chi connectivity index (χ4n) is 3.15. The summed E-state index contributed by atoms with van der Waals surface area (Å²) in [5, 5.41) is 3.34. The second-order valence-electron chi connectivity index (χ2n) is 6.73. The van der Waals surface area contributed by atoms with Crippen molar-refractivity contribution >= 4 is 34.2 Å². The van der Waals surface area contributed by atoms with Crippen LogP contribution in [-0.4, -0.2) is 21.2 Å². The Morgan fingerprint density at radius 1 is 1.00 bits per heavy atom. The molecule has 1 unspecified atom stereocenters. The van der Waals surface area contributed by atoms with Crippen molar-refractivity contribution in [3.05, 3.63) is 111 Å². The normalized spacial score (nSPS) is 11.8. The minimum Gasteiger partial charge on any atom is -0.325 e. The van der Waals surface area contributed by atoms with Crippen LogP contribution in [0.2, 0.25) is 5.02 Å². The number of benzene rings is 2. The maximum absolute atomic E-state index is 13.5. The fourth-order valence-corrected chi connectivity index (χ4v) is 3.27. The number of carbonyl (C=O) groups is 2. The molecule has 0 fully saturated rings. The van der Waals surface area contributed by atoms with Crippen molar-refractivity contribution in [2.24, 2.45) is 0 Å². The zero-order chi connectivity index (χ0) is 22.0. The Balaban J connectivity index is 1.81. The fraction of sp³-hybridized carbons (Fsp3) is 0.0435. The predicted molar refractivity (Wildman–Crippen MR) is 115 cm³/mol. The Hall–Kier alpha value is -3.84. The number of hydrogen-bond acceptors (Lipinski definition) is 4. The molecule has 1 N–H and O–H groups in total. The van der Waals surface area contributed by atoms with E-state index in [4.69, 9.17) is 11.6 Å². The highest BCUT2D eigenvalue weighted by Crippen LogP contribution is 2.17. The van der Waals surface area contributed by atoms with Crippen molar-refractivity contribution in [1.82, 2.24) is 14.9 Å². The van der Waals surface area contributed by atoms with Crippen LogP contribution in [-0.2, 0) is 0 Å². The van der Waals surface area contributed by atoms with E-state index in [9.17, 15) is 18.8 Å². The van der Waals surface area contributed by atoms with Gasteiger partial charge in [-0.15, -0.1) is 0 Å². The van der Waals surface area contributed by atoms with Crippen LogP contribution in [0.15, 0.2) is 83.9 Å². The molecule has 0 radical (unpaired) electrons. The molecular formula is C23H15ClFN3O3. The molecule has 0 aliphatic heterocycles. The molecule has 0 bridgehead atoms. The van der Waals surface area contributed by atoms with Crippen LogP contribution in [0.3, 0.4) is 0 Å². The Labute approximate surface area is 180 Å². The van der Waals surface area contributed by atoms with Crippen LogP contribution in [0, 0.1) is 5.82 Å². The Morgan fingerprint density at radius 3 is 2.42 bits per heavy atom. The first-order chi connectivity index (χ1) is 14.9. The van der Waals surface area contributed by atoms with Crippen LogP contribution < -0.4 is 10.9 Å². The van der Waals surface area contributed by atoms with Gasteiger partial charge in [0.1, 0.15) is 11.3 Å². The number of ketones is 1. The maximum Gasteiger partial charge on any atom is 0.279 e. The number of fused-ring (bicyclic) bond motifs is 1. The summed E-state index contributed by atoms with van der Waals surface area (Å²) in [6, 6.07) is 17.0. The lowest BCUT2D eigenvalue weighted by molar-refractivity contribution is 0.0813. The highest BCUT2D eigenvalue weighted by molar-refractivity contribution is 6.30. The Morgan fingerprint density at radius 2 is 1.71 bits per heavy atom. The smallest absolute Gasteiger partial charge is 0.279 e. The Kier molecular flexibility index (Phi) is 5.60. The number of amides is 1. The molecule has 6 nitrogen and oxygen atoms in total. The van der Waals surface area contributed by atoms with Gasteiger partial charge in [0.15, 0.2) is 6.17 Å². The maximum atomic E-state index is 13.5. The van der Waals surface area contributed by atoms with E-state index >= 15 is 0 Å². The topological polar surface area (TPSA) is 81.1 Å². The molecule has 0 saturated heterocycles.